The number of Topliss-reactive ketones (excluding diaryl/α,β-unsaturated/α-hetero) is 1. The lowest BCUT2D eigenvalue weighted by Crippen LogP contribution is -2.27. The van der Waals surface area contributed by atoms with Crippen molar-refractivity contribution < 1.29 is 14.3 Å². The Labute approximate surface area is 123 Å². The van der Waals surface area contributed by atoms with Crippen LogP contribution < -0.4 is 0 Å². The topological polar surface area (TPSA) is 59.2 Å². The summed E-state index contributed by atoms with van der Waals surface area (Å²) in [6.07, 6.45) is 4.86. The maximum Gasteiger partial charge on any atom is 0.309 e. The number of nitrogens with one attached hydrogen (secondary N) is 1. The van der Waals surface area contributed by atoms with E-state index in [4.69, 9.17) is 4.74 Å². The summed E-state index contributed by atoms with van der Waals surface area (Å²) in [5.41, 5.74) is 1.49. The van der Waals surface area contributed by atoms with Gasteiger partial charge in [0.2, 0.25) is 5.78 Å². The Bertz CT molecular complexity index is 667. The molecule has 1 aromatic carbocycles. The molecule has 1 N–H and O–H groups in total. The maximum atomic E-state index is 12.5. The van der Waals surface area contributed by atoms with Crippen molar-refractivity contribution in [1.29, 1.82) is 0 Å². The summed E-state index contributed by atoms with van der Waals surface area (Å²) in [5.74, 6) is -0.407. The van der Waals surface area contributed by atoms with Crippen molar-refractivity contribution in [2.24, 2.45) is 5.92 Å². The van der Waals surface area contributed by atoms with Crippen LogP contribution in [0.3, 0.4) is 0 Å². The Hall–Kier alpha value is -2.10. The Morgan fingerprint density at radius 1 is 1.24 bits per heavy atom. The molecule has 2 aromatic rings. The standard InChI is InChI=1S/C17H19NO3/c1-11(21-17(20)12-6-2-3-7-12)16(19)14-10-18-15-9-5-4-8-13(14)15/h4-5,8-12,18H,2-3,6-7H2,1H3/t11-/m0/s1. The van der Waals surface area contributed by atoms with E-state index in [1.807, 2.05) is 24.3 Å². The molecular formula is C17H19NO3. The minimum Gasteiger partial charge on any atom is -0.454 e. The number of hydrogen-bond acceptors (Lipinski definition) is 3. The number of aromatic amines is 1. The number of H-pyrrole nitrogens is 1. The number of carbonyl (C=O) groups excluding carboxylic acids is 2. The summed E-state index contributed by atoms with van der Waals surface area (Å²) in [4.78, 5) is 27.6. The Morgan fingerprint density at radius 2 is 1.95 bits per heavy atom. The zero-order valence-electron chi connectivity index (χ0n) is 12.1. The van der Waals surface area contributed by atoms with Crippen molar-refractivity contribution in [2.75, 3.05) is 0 Å². The van der Waals surface area contributed by atoms with E-state index in [1.165, 1.54) is 0 Å². The lowest BCUT2D eigenvalue weighted by Gasteiger charge is -2.15. The van der Waals surface area contributed by atoms with Gasteiger partial charge in [-0.3, -0.25) is 9.59 Å². The second kappa shape index (κ2) is 5.72. The van der Waals surface area contributed by atoms with E-state index in [2.05, 4.69) is 4.98 Å². The van der Waals surface area contributed by atoms with E-state index in [9.17, 15) is 9.59 Å². The molecule has 0 aliphatic heterocycles. The lowest BCUT2D eigenvalue weighted by atomic mass is 10.1. The third kappa shape index (κ3) is 2.71. The van der Waals surface area contributed by atoms with Crippen LogP contribution in [-0.4, -0.2) is 22.8 Å². The number of ether oxygens (including phenoxy) is 1. The van der Waals surface area contributed by atoms with Crippen LogP contribution in [0.5, 0.6) is 0 Å². The van der Waals surface area contributed by atoms with Gasteiger partial charge in [0.25, 0.3) is 0 Å². The van der Waals surface area contributed by atoms with Crippen LogP contribution in [0.15, 0.2) is 30.5 Å². The Balaban J connectivity index is 1.73. The van der Waals surface area contributed by atoms with Crippen LogP contribution in [-0.2, 0) is 9.53 Å². The molecule has 0 radical (unpaired) electrons. The van der Waals surface area contributed by atoms with Gasteiger partial charge in [0.05, 0.1) is 5.92 Å². The second-order valence-electron chi connectivity index (χ2n) is 5.67. The van der Waals surface area contributed by atoms with Gasteiger partial charge in [0, 0.05) is 22.7 Å². The van der Waals surface area contributed by atoms with Gasteiger partial charge in [0.1, 0.15) is 0 Å². The number of benzene rings is 1. The van der Waals surface area contributed by atoms with Crippen LogP contribution >= 0.6 is 0 Å². The van der Waals surface area contributed by atoms with Gasteiger partial charge in [0.15, 0.2) is 6.10 Å². The lowest BCUT2D eigenvalue weighted by molar-refractivity contribution is -0.151. The molecule has 4 heteroatoms. The molecule has 0 amide bonds. The number of rotatable bonds is 4. The molecule has 21 heavy (non-hydrogen) atoms. The fraction of sp³-hybridized carbons (Fsp3) is 0.412. The van der Waals surface area contributed by atoms with Gasteiger partial charge < -0.3 is 9.72 Å². The van der Waals surface area contributed by atoms with Crippen LogP contribution in [0, 0.1) is 5.92 Å². The van der Waals surface area contributed by atoms with Crippen molar-refractivity contribution in [2.45, 2.75) is 38.7 Å². The number of esters is 1. The van der Waals surface area contributed by atoms with E-state index in [-0.39, 0.29) is 17.7 Å². The van der Waals surface area contributed by atoms with E-state index in [1.54, 1.807) is 13.1 Å². The van der Waals surface area contributed by atoms with E-state index >= 15 is 0 Å². The molecule has 0 bridgehead atoms. The third-order valence-corrected chi connectivity index (χ3v) is 4.21. The number of para-hydroxylation sites is 1. The molecule has 1 aromatic heterocycles. The SMILES string of the molecule is C[C@H](OC(=O)C1CCCC1)C(=O)c1c[nH]c2ccccc12. The highest BCUT2D eigenvalue weighted by Gasteiger charge is 2.28. The van der Waals surface area contributed by atoms with E-state index < -0.39 is 6.10 Å². The zero-order valence-corrected chi connectivity index (χ0v) is 12.1. The van der Waals surface area contributed by atoms with Gasteiger partial charge in [-0.1, -0.05) is 31.0 Å². The number of fused-ring (bicyclic) bond motifs is 1. The quantitative estimate of drug-likeness (QED) is 0.691. The average molecular weight is 285 g/mol. The summed E-state index contributed by atoms with van der Waals surface area (Å²) >= 11 is 0. The summed E-state index contributed by atoms with van der Waals surface area (Å²) in [7, 11) is 0. The van der Waals surface area contributed by atoms with Crippen molar-refractivity contribution >= 4 is 22.7 Å². The molecule has 1 heterocycles. The van der Waals surface area contributed by atoms with Crippen LogP contribution in [0.2, 0.25) is 0 Å². The fourth-order valence-electron chi connectivity index (χ4n) is 2.98. The van der Waals surface area contributed by atoms with Crippen molar-refractivity contribution in [3.63, 3.8) is 0 Å². The first-order valence-electron chi connectivity index (χ1n) is 7.47. The number of aromatic nitrogens is 1. The van der Waals surface area contributed by atoms with Crippen LogP contribution in [0.4, 0.5) is 0 Å². The summed E-state index contributed by atoms with van der Waals surface area (Å²) < 4.78 is 5.37. The highest BCUT2D eigenvalue weighted by atomic mass is 16.5. The number of carbonyl (C=O) groups is 2. The molecule has 1 aliphatic rings. The van der Waals surface area contributed by atoms with E-state index in [0.29, 0.717) is 5.56 Å². The molecule has 110 valence electrons. The second-order valence-corrected chi connectivity index (χ2v) is 5.67. The van der Waals surface area contributed by atoms with Crippen molar-refractivity contribution in [3.05, 3.63) is 36.0 Å². The van der Waals surface area contributed by atoms with Gasteiger partial charge >= 0.3 is 5.97 Å². The van der Waals surface area contributed by atoms with Crippen LogP contribution in [0.25, 0.3) is 10.9 Å². The van der Waals surface area contributed by atoms with E-state index in [0.717, 1.165) is 36.6 Å². The predicted molar refractivity (Wildman–Crippen MR) is 80.1 cm³/mol. The van der Waals surface area contributed by atoms with Gasteiger partial charge in [-0.25, -0.2) is 0 Å². The highest BCUT2D eigenvalue weighted by molar-refractivity contribution is 6.10. The summed E-state index contributed by atoms with van der Waals surface area (Å²) in [5, 5.41) is 0.867. The molecule has 1 saturated carbocycles. The molecule has 1 aliphatic carbocycles. The number of hydrogen-bond donors (Lipinski definition) is 1. The monoisotopic (exact) mass is 285 g/mol. The first kappa shape index (κ1) is 13.9. The predicted octanol–water partition coefficient (Wildman–Crippen LogP) is 3.47. The minimum absolute atomic E-state index is 0.0248. The normalized spacial score (nSPS) is 17.0. The largest absolute Gasteiger partial charge is 0.454 e. The Kier molecular flexibility index (Phi) is 3.78. The zero-order chi connectivity index (χ0) is 14.8. The van der Waals surface area contributed by atoms with Crippen molar-refractivity contribution in [3.8, 4) is 0 Å². The minimum atomic E-state index is -0.739. The smallest absolute Gasteiger partial charge is 0.309 e. The highest BCUT2D eigenvalue weighted by Crippen LogP contribution is 2.27. The molecule has 0 unspecified atom stereocenters. The van der Waals surface area contributed by atoms with Crippen molar-refractivity contribution in [1.82, 2.24) is 4.98 Å². The fourth-order valence-corrected chi connectivity index (χ4v) is 2.98. The maximum absolute atomic E-state index is 12.5. The molecule has 1 atom stereocenters. The van der Waals surface area contributed by atoms with Gasteiger partial charge in [-0.2, -0.15) is 0 Å². The third-order valence-electron chi connectivity index (χ3n) is 4.21. The Morgan fingerprint density at radius 3 is 2.71 bits per heavy atom. The first-order chi connectivity index (χ1) is 10.2. The summed E-state index contributed by atoms with van der Waals surface area (Å²) in [6.45, 7) is 1.65. The molecule has 0 saturated heterocycles. The van der Waals surface area contributed by atoms with Gasteiger partial charge in [-0.15, -0.1) is 0 Å². The molecular weight excluding hydrogens is 266 g/mol. The molecule has 0 spiro atoms. The molecule has 4 nitrogen and oxygen atoms in total. The molecule has 1 fully saturated rings. The van der Waals surface area contributed by atoms with Gasteiger partial charge in [-0.05, 0) is 25.8 Å². The summed E-state index contributed by atoms with van der Waals surface area (Å²) in [6, 6.07) is 7.62. The first-order valence-corrected chi connectivity index (χ1v) is 7.47. The molecule has 3 rings (SSSR count). The van der Waals surface area contributed by atoms with Crippen LogP contribution in [0.1, 0.15) is 43.0 Å². The number of ketones is 1. The average Bonchev–Trinajstić information content (AvgIpc) is 3.15.